The maximum atomic E-state index is 15.1. The largest absolute Gasteiger partial charge is 0.497 e. The van der Waals surface area contributed by atoms with Gasteiger partial charge in [-0.15, -0.1) is 0 Å². The maximum absolute atomic E-state index is 15.1. The number of benzene rings is 3. The van der Waals surface area contributed by atoms with Crippen molar-refractivity contribution in [2.24, 2.45) is 17.3 Å². The lowest BCUT2D eigenvalue weighted by atomic mass is 9.65. The van der Waals surface area contributed by atoms with Crippen LogP contribution in [0, 0.1) is 17.3 Å². The Morgan fingerprint density at radius 2 is 1.33 bits per heavy atom. The fraction of sp³-hybridized carbons (Fsp3) is 0.500. The highest BCUT2D eigenvalue weighted by atomic mass is 28.4. The standard InChI is InChI=1S/C44H60O7Si/c1-31(18-17-27-45)37-32(2)38(46)40(49-29-34-21-15-12-16-22-34)42(51-52(9,10)43(3,4)5)44(6,7)41(39(37)48-28-33-19-13-11-14-20-33)50-30-35-23-25-36(47-8)26-24-35/h11-16,19-27,32,37,39-42H,1,17-18,28-30H2,2-10H3/t32-,37+,39-,40-,41-,42-/m0/s1. The molecule has 0 heterocycles. The first kappa shape index (κ1) is 41.4. The Bertz CT molecular complexity index is 1580. The smallest absolute Gasteiger partial charge is 0.192 e. The second-order valence-corrected chi connectivity index (χ2v) is 21.0. The first-order valence-electron chi connectivity index (χ1n) is 18.5. The van der Waals surface area contributed by atoms with Gasteiger partial charge in [0.2, 0.25) is 0 Å². The minimum atomic E-state index is -2.50. The van der Waals surface area contributed by atoms with E-state index in [0.717, 1.165) is 34.3 Å². The summed E-state index contributed by atoms with van der Waals surface area (Å²) < 4.78 is 33.6. The van der Waals surface area contributed by atoms with Gasteiger partial charge >= 0.3 is 0 Å². The summed E-state index contributed by atoms with van der Waals surface area (Å²) in [6, 6.07) is 27.8. The predicted molar refractivity (Wildman–Crippen MR) is 210 cm³/mol. The van der Waals surface area contributed by atoms with Crippen LogP contribution in [0.25, 0.3) is 0 Å². The number of hydrogen-bond acceptors (Lipinski definition) is 7. The molecular weight excluding hydrogens is 669 g/mol. The Morgan fingerprint density at radius 3 is 1.85 bits per heavy atom. The van der Waals surface area contributed by atoms with Gasteiger partial charge in [0, 0.05) is 23.7 Å². The van der Waals surface area contributed by atoms with E-state index in [1.54, 1.807) is 7.11 Å². The van der Waals surface area contributed by atoms with Gasteiger partial charge in [-0.3, -0.25) is 4.79 Å². The van der Waals surface area contributed by atoms with E-state index in [0.29, 0.717) is 26.1 Å². The van der Waals surface area contributed by atoms with Gasteiger partial charge in [0.15, 0.2) is 14.1 Å². The first-order valence-corrected chi connectivity index (χ1v) is 21.4. The molecule has 1 fully saturated rings. The average Bonchev–Trinajstić information content (AvgIpc) is 3.12. The van der Waals surface area contributed by atoms with Crippen molar-refractivity contribution in [3.8, 4) is 5.75 Å². The van der Waals surface area contributed by atoms with Crippen molar-refractivity contribution in [3.63, 3.8) is 0 Å². The summed E-state index contributed by atoms with van der Waals surface area (Å²) in [5.74, 6) is -0.339. The van der Waals surface area contributed by atoms with E-state index in [1.165, 1.54) is 0 Å². The Labute approximate surface area is 313 Å². The van der Waals surface area contributed by atoms with E-state index < -0.39 is 50.0 Å². The summed E-state index contributed by atoms with van der Waals surface area (Å²) in [6.07, 6.45) is -1.12. The molecule has 0 N–H and O–H groups in total. The third kappa shape index (κ3) is 10.2. The van der Waals surface area contributed by atoms with Crippen LogP contribution < -0.4 is 4.74 Å². The Kier molecular flexibility index (Phi) is 14.4. The van der Waals surface area contributed by atoms with Gasteiger partial charge in [0.05, 0.1) is 45.2 Å². The van der Waals surface area contributed by atoms with Crippen LogP contribution in [-0.2, 0) is 48.0 Å². The zero-order valence-corrected chi connectivity index (χ0v) is 33.7. The van der Waals surface area contributed by atoms with Crippen molar-refractivity contribution in [1.82, 2.24) is 0 Å². The molecule has 1 saturated carbocycles. The molecule has 3 aromatic carbocycles. The third-order valence-corrected chi connectivity index (χ3v) is 15.5. The predicted octanol–water partition coefficient (Wildman–Crippen LogP) is 9.54. The molecular formula is C44H60O7Si. The van der Waals surface area contributed by atoms with Gasteiger partial charge in [-0.25, -0.2) is 0 Å². The number of Topliss-reactive ketones (excluding diaryl/α,β-unsaturated/α-hetero) is 1. The molecule has 0 spiro atoms. The van der Waals surface area contributed by atoms with E-state index in [4.69, 9.17) is 23.4 Å². The van der Waals surface area contributed by atoms with Crippen molar-refractivity contribution in [1.29, 1.82) is 0 Å². The SMILES string of the molecule is C=C(CCC=O)[C@H]1[C@H](OCc2ccccc2)[C@H](OCc2ccc(OC)cc2)C(C)(C)[C@@H](O[Si](C)(C)C(C)(C)C)[C@@H](OCc2ccccc2)C(=O)[C@H]1C. The molecule has 6 atom stereocenters. The summed E-state index contributed by atoms with van der Waals surface area (Å²) >= 11 is 0. The number of rotatable bonds is 16. The van der Waals surface area contributed by atoms with E-state index in [9.17, 15) is 4.79 Å². The number of carbonyl (C=O) groups excluding carboxylic acids is 2. The fourth-order valence-electron chi connectivity index (χ4n) is 6.84. The quantitative estimate of drug-likeness (QED) is 0.0826. The normalized spacial score (nSPS) is 23.8. The van der Waals surface area contributed by atoms with Crippen molar-refractivity contribution in [2.75, 3.05) is 7.11 Å². The second kappa shape index (κ2) is 18.1. The highest BCUT2D eigenvalue weighted by Gasteiger charge is 2.57. The molecule has 0 aromatic heterocycles. The number of hydrogen-bond donors (Lipinski definition) is 0. The van der Waals surface area contributed by atoms with Crippen LogP contribution in [0.5, 0.6) is 5.75 Å². The van der Waals surface area contributed by atoms with E-state index in [1.807, 2.05) is 91.9 Å². The molecule has 52 heavy (non-hydrogen) atoms. The summed E-state index contributed by atoms with van der Waals surface area (Å²) in [5.41, 5.74) is 2.91. The van der Waals surface area contributed by atoms with Gasteiger partial charge < -0.3 is 28.2 Å². The highest BCUT2D eigenvalue weighted by molar-refractivity contribution is 6.74. The van der Waals surface area contributed by atoms with Gasteiger partial charge in [-0.05, 0) is 53.4 Å². The minimum absolute atomic E-state index is 0.0631. The van der Waals surface area contributed by atoms with Crippen LogP contribution in [-0.4, -0.2) is 51.9 Å². The van der Waals surface area contributed by atoms with Gasteiger partial charge in [-0.2, -0.15) is 0 Å². The molecule has 4 rings (SSSR count). The summed E-state index contributed by atoms with van der Waals surface area (Å²) in [7, 11) is -0.848. The Hall–Kier alpha value is -3.40. The lowest BCUT2D eigenvalue weighted by Crippen LogP contribution is -2.64. The molecule has 0 saturated heterocycles. The van der Waals surface area contributed by atoms with Crippen LogP contribution in [0.15, 0.2) is 97.1 Å². The second-order valence-electron chi connectivity index (χ2n) is 16.3. The molecule has 7 nitrogen and oxygen atoms in total. The molecule has 0 aliphatic heterocycles. The van der Waals surface area contributed by atoms with Crippen LogP contribution >= 0.6 is 0 Å². The van der Waals surface area contributed by atoms with Gasteiger partial charge in [0.25, 0.3) is 0 Å². The topological polar surface area (TPSA) is 80.3 Å². The molecule has 1 aliphatic carbocycles. The fourth-order valence-corrected chi connectivity index (χ4v) is 8.26. The first-order chi connectivity index (χ1) is 24.6. The number of ether oxygens (including phenoxy) is 4. The molecule has 3 aromatic rings. The third-order valence-electron chi connectivity index (χ3n) is 11.1. The van der Waals surface area contributed by atoms with Crippen LogP contribution in [0.1, 0.15) is 71.1 Å². The molecule has 1 aliphatic rings. The minimum Gasteiger partial charge on any atom is -0.497 e. The number of aldehydes is 1. The zero-order chi connectivity index (χ0) is 38.1. The number of ketones is 1. The molecule has 0 unspecified atom stereocenters. The van der Waals surface area contributed by atoms with Crippen molar-refractivity contribution in [3.05, 3.63) is 114 Å². The number of carbonyl (C=O) groups is 2. The lowest BCUT2D eigenvalue weighted by molar-refractivity contribution is -0.207. The molecule has 8 heteroatoms. The summed E-state index contributed by atoms with van der Waals surface area (Å²) in [5, 5.41) is -0.140. The molecule has 0 bridgehead atoms. The van der Waals surface area contributed by atoms with Crippen molar-refractivity contribution in [2.45, 2.75) is 117 Å². The van der Waals surface area contributed by atoms with Crippen molar-refractivity contribution >= 4 is 20.4 Å². The summed E-state index contributed by atoms with van der Waals surface area (Å²) in [4.78, 5) is 26.7. The van der Waals surface area contributed by atoms with Crippen LogP contribution in [0.3, 0.4) is 0 Å². The monoisotopic (exact) mass is 728 g/mol. The van der Waals surface area contributed by atoms with Gasteiger partial charge in [-0.1, -0.05) is 126 Å². The molecule has 282 valence electrons. The van der Waals surface area contributed by atoms with E-state index >= 15 is 4.79 Å². The molecule has 0 radical (unpaired) electrons. The lowest BCUT2D eigenvalue weighted by Gasteiger charge is -2.53. The van der Waals surface area contributed by atoms with Crippen LogP contribution in [0.2, 0.25) is 18.1 Å². The van der Waals surface area contributed by atoms with E-state index in [-0.39, 0.29) is 17.4 Å². The Morgan fingerprint density at radius 1 is 0.808 bits per heavy atom. The van der Waals surface area contributed by atoms with Crippen molar-refractivity contribution < 1.29 is 33.0 Å². The highest BCUT2D eigenvalue weighted by Crippen LogP contribution is 2.48. The number of methoxy groups -OCH3 is 1. The van der Waals surface area contributed by atoms with E-state index in [2.05, 4.69) is 54.3 Å². The van der Waals surface area contributed by atoms with Crippen LogP contribution in [0.4, 0.5) is 0 Å². The zero-order valence-electron chi connectivity index (χ0n) is 32.7. The van der Waals surface area contributed by atoms with Gasteiger partial charge in [0.1, 0.15) is 18.1 Å². The Balaban J connectivity index is 1.90. The molecule has 0 amide bonds. The summed E-state index contributed by atoms with van der Waals surface area (Å²) in [6.45, 7) is 22.6. The maximum Gasteiger partial charge on any atom is 0.192 e. The average molecular weight is 729 g/mol.